The van der Waals surface area contributed by atoms with Gasteiger partial charge in [0.25, 0.3) is 0 Å². The zero-order valence-electron chi connectivity index (χ0n) is 20.3. The van der Waals surface area contributed by atoms with Crippen LogP contribution in [-0.2, 0) is 10.0 Å². The molecule has 0 spiro atoms. The Morgan fingerprint density at radius 2 is 1.72 bits per heavy atom. The summed E-state index contributed by atoms with van der Waals surface area (Å²) >= 11 is 0. The van der Waals surface area contributed by atoms with Gasteiger partial charge in [-0.05, 0) is 78.1 Å². The highest BCUT2D eigenvalue weighted by Gasteiger charge is 2.13. The fraction of sp³-hybridized carbons (Fsp3) is 0.269. The molecule has 0 aliphatic rings. The van der Waals surface area contributed by atoms with Gasteiger partial charge in [0.15, 0.2) is 0 Å². The second-order valence-electron chi connectivity index (χ2n) is 8.53. The molecule has 192 valence electrons. The monoisotopic (exact) mass is 514 g/mol. The first-order valence-electron chi connectivity index (χ1n) is 11.2. The van der Waals surface area contributed by atoms with Crippen molar-refractivity contribution in [3.05, 3.63) is 76.9 Å². The van der Waals surface area contributed by atoms with Crippen LogP contribution >= 0.6 is 0 Å². The summed E-state index contributed by atoms with van der Waals surface area (Å²) in [6, 6.07) is 14.9. The molecule has 5 N–H and O–H groups in total. The van der Waals surface area contributed by atoms with Gasteiger partial charge in [0.1, 0.15) is 18.1 Å². The highest BCUT2D eigenvalue weighted by atomic mass is 32.2. The molecule has 0 saturated carbocycles. The lowest BCUT2D eigenvalue weighted by atomic mass is 9.97. The summed E-state index contributed by atoms with van der Waals surface area (Å²) in [5.41, 5.74) is 4.54. The van der Waals surface area contributed by atoms with Crippen molar-refractivity contribution < 1.29 is 33.3 Å². The molecule has 0 aliphatic carbocycles. The Morgan fingerprint density at radius 3 is 2.36 bits per heavy atom. The van der Waals surface area contributed by atoms with Crippen molar-refractivity contribution in [1.29, 1.82) is 0 Å². The minimum Gasteiger partial charge on any atom is -0.506 e. The topological polar surface area (TPSA) is 145 Å². The largest absolute Gasteiger partial charge is 0.506 e. The maximum Gasteiger partial charge on any atom is 0.335 e. The number of carbonyl (C=O) groups is 1. The third kappa shape index (κ3) is 7.20. The quantitative estimate of drug-likeness (QED) is 0.193. The molecular weight excluding hydrogens is 484 g/mol. The van der Waals surface area contributed by atoms with E-state index in [2.05, 4.69) is 10.0 Å². The van der Waals surface area contributed by atoms with E-state index in [1.54, 1.807) is 24.3 Å². The average molecular weight is 515 g/mol. The first-order valence-corrected chi connectivity index (χ1v) is 13.1. The number of hydrogen-bond donors (Lipinski definition) is 5. The van der Waals surface area contributed by atoms with Gasteiger partial charge in [-0.1, -0.05) is 18.2 Å². The molecule has 10 heteroatoms. The van der Waals surface area contributed by atoms with Gasteiger partial charge >= 0.3 is 5.97 Å². The van der Waals surface area contributed by atoms with Gasteiger partial charge < -0.3 is 25.4 Å². The molecule has 0 aliphatic heterocycles. The summed E-state index contributed by atoms with van der Waals surface area (Å²) in [6.45, 7) is 4.92. The standard InChI is InChI=1S/C26H30N2O7S/c1-16-13-25(17(2)12-21(16)18-4-6-19(7-5-18)26(31)32)35-11-10-27-15-24(30)20-8-9-23(29)22(14-20)28-36(3,33)34/h4-9,12-14,24,27-30H,10-11,15H2,1-3H3,(H,31,32). The number of aliphatic hydroxyl groups is 1. The van der Waals surface area contributed by atoms with Crippen LogP contribution in [0.3, 0.4) is 0 Å². The number of ether oxygens (including phenoxy) is 1. The van der Waals surface area contributed by atoms with Gasteiger partial charge in [-0.3, -0.25) is 4.72 Å². The fourth-order valence-electron chi connectivity index (χ4n) is 3.68. The normalized spacial score (nSPS) is 12.2. The van der Waals surface area contributed by atoms with Crippen LogP contribution in [0.25, 0.3) is 11.1 Å². The molecular formula is C26H30N2O7S. The molecule has 1 unspecified atom stereocenters. The molecule has 3 rings (SSSR count). The number of carboxylic acids is 1. The van der Waals surface area contributed by atoms with E-state index in [9.17, 15) is 23.4 Å². The number of aryl methyl sites for hydroxylation is 2. The van der Waals surface area contributed by atoms with Gasteiger partial charge in [0.2, 0.25) is 10.0 Å². The number of rotatable bonds is 11. The predicted octanol–water partition coefficient (Wildman–Crippen LogP) is 3.45. The third-order valence-corrected chi connectivity index (χ3v) is 6.13. The predicted molar refractivity (Wildman–Crippen MR) is 138 cm³/mol. The Morgan fingerprint density at radius 1 is 1.03 bits per heavy atom. The number of aliphatic hydroxyl groups excluding tert-OH is 1. The number of phenols is 1. The Kier molecular flexibility index (Phi) is 8.57. The molecule has 3 aromatic carbocycles. The summed E-state index contributed by atoms with van der Waals surface area (Å²) < 4.78 is 31.0. The van der Waals surface area contributed by atoms with E-state index in [1.807, 2.05) is 26.0 Å². The van der Waals surface area contributed by atoms with Crippen molar-refractivity contribution in [3.8, 4) is 22.6 Å². The Labute approximate surface area is 210 Å². The molecule has 0 radical (unpaired) electrons. The van der Waals surface area contributed by atoms with E-state index >= 15 is 0 Å². The maximum atomic E-state index is 11.4. The van der Waals surface area contributed by atoms with Crippen molar-refractivity contribution in [2.45, 2.75) is 20.0 Å². The van der Waals surface area contributed by atoms with Crippen molar-refractivity contribution in [2.24, 2.45) is 0 Å². The lowest BCUT2D eigenvalue weighted by Crippen LogP contribution is -2.26. The van der Waals surface area contributed by atoms with E-state index in [1.165, 1.54) is 18.2 Å². The van der Waals surface area contributed by atoms with Crippen LogP contribution in [0.15, 0.2) is 54.6 Å². The smallest absolute Gasteiger partial charge is 0.335 e. The molecule has 0 saturated heterocycles. The molecule has 9 nitrogen and oxygen atoms in total. The van der Waals surface area contributed by atoms with Gasteiger partial charge in [-0.25, -0.2) is 13.2 Å². The van der Waals surface area contributed by atoms with E-state index in [4.69, 9.17) is 9.84 Å². The first kappa shape index (κ1) is 27.0. The molecule has 0 aromatic heterocycles. The summed E-state index contributed by atoms with van der Waals surface area (Å²) in [5.74, 6) is -0.460. The van der Waals surface area contributed by atoms with E-state index in [-0.39, 0.29) is 23.5 Å². The van der Waals surface area contributed by atoms with Crippen LogP contribution in [-0.4, -0.2) is 55.7 Å². The molecule has 0 amide bonds. The first-order chi connectivity index (χ1) is 16.9. The Hall–Kier alpha value is -3.60. The Balaban J connectivity index is 1.54. The minimum absolute atomic E-state index is 0.00417. The zero-order chi connectivity index (χ0) is 26.5. The van der Waals surface area contributed by atoms with E-state index in [0.29, 0.717) is 18.7 Å². The number of phenolic OH excluding ortho intramolecular Hbond substituents is 1. The zero-order valence-corrected chi connectivity index (χ0v) is 21.1. The molecule has 36 heavy (non-hydrogen) atoms. The Bertz CT molecular complexity index is 1340. The second kappa shape index (κ2) is 11.4. The SMILES string of the molecule is Cc1cc(-c2ccc(C(=O)O)cc2)c(C)cc1OCCNCC(O)c1ccc(O)c(NS(C)(=O)=O)c1. The average Bonchev–Trinajstić information content (AvgIpc) is 2.81. The number of carboxylic acid groups (broad SMARTS) is 1. The number of aromatic hydroxyl groups is 1. The number of hydrogen-bond acceptors (Lipinski definition) is 7. The number of sulfonamides is 1. The maximum absolute atomic E-state index is 11.4. The molecule has 1 atom stereocenters. The second-order valence-corrected chi connectivity index (χ2v) is 10.3. The minimum atomic E-state index is -3.57. The van der Waals surface area contributed by atoms with Crippen LogP contribution in [0.1, 0.15) is 33.2 Å². The summed E-state index contributed by atoms with van der Waals surface area (Å²) in [5, 5.41) is 32.4. The summed E-state index contributed by atoms with van der Waals surface area (Å²) in [4.78, 5) is 11.1. The van der Waals surface area contributed by atoms with Crippen molar-refractivity contribution in [1.82, 2.24) is 5.32 Å². The molecule has 0 fully saturated rings. The van der Waals surface area contributed by atoms with Gasteiger partial charge in [-0.15, -0.1) is 0 Å². The third-order valence-electron chi connectivity index (χ3n) is 5.54. The molecule has 0 bridgehead atoms. The van der Waals surface area contributed by atoms with Gasteiger partial charge in [-0.2, -0.15) is 0 Å². The summed E-state index contributed by atoms with van der Waals surface area (Å²) in [6.07, 6.45) is 0.0633. The number of aromatic carboxylic acids is 1. The van der Waals surface area contributed by atoms with Crippen LogP contribution in [0.4, 0.5) is 5.69 Å². The van der Waals surface area contributed by atoms with Crippen molar-refractivity contribution >= 4 is 21.7 Å². The lowest BCUT2D eigenvalue weighted by molar-refractivity contribution is 0.0697. The molecule has 0 heterocycles. The van der Waals surface area contributed by atoms with Crippen molar-refractivity contribution in [3.63, 3.8) is 0 Å². The van der Waals surface area contributed by atoms with E-state index in [0.717, 1.165) is 34.3 Å². The van der Waals surface area contributed by atoms with Crippen LogP contribution < -0.4 is 14.8 Å². The van der Waals surface area contributed by atoms with Crippen LogP contribution in [0.5, 0.6) is 11.5 Å². The van der Waals surface area contributed by atoms with Gasteiger partial charge in [0, 0.05) is 13.1 Å². The molecule has 3 aromatic rings. The lowest BCUT2D eigenvalue weighted by Gasteiger charge is -2.16. The highest BCUT2D eigenvalue weighted by molar-refractivity contribution is 7.92. The number of anilines is 1. The van der Waals surface area contributed by atoms with Gasteiger partial charge in [0.05, 0.1) is 23.6 Å². The fourth-order valence-corrected chi connectivity index (χ4v) is 4.24. The van der Waals surface area contributed by atoms with Crippen LogP contribution in [0, 0.1) is 13.8 Å². The number of nitrogens with one attached hydrogen (secondary N) is 2. The van der Waals surface area contributed by atoms with Crippen molar-refractivity contribution in [2.75, 3.05) is 30.7 Å². The highest BCUT2D eigenvalue weighted by Crippen LogP contribution is 2.31. The van der Waals surface area contributed by atoms with E-state index < -0.39 is 22.1 Å². The van der Waals surface area contributed by atoms with Crippen LogP contribution in [0.2, 0.25) is 0 Å². The number of benzene rings is 3. The summed E-state index contributed by atoms with van der Waals surface area (Å²) in [7, 11) is -3.57.